The van der Waals surface area contributed by atoms with E-state index in [1.54, 1.807) is 0 Å². The quantitative estimate of drug-likeness (QED) is 0.104. The van der Waals surface area contributed by atoms with E-state index >= 15 is 0 Å². The molecule has 0 aromatic heterocycles. The van der Waals surface area contributed by atoms with Gasteiger partial charge >= 0.3 is 0 Å². The van der Waals surface area contributed by atoms with E-state index in [2.05, 4.69) is 67.5 Å². The van der Waals surface area contributed by atoms with Gasteiger partial charge in [-0.05, 0) is 25.7 Å². The van der Waals surface area contributed by atoms with E-state index in [0.29, 0.717) is 0 Å². The summed E-state index contributed by atoms with van der Waals surface area (Å²) in [5, 5.41) is 3.89. The molecule has 178 valence electrons. The lowest BCUT2D eigenvalue weighted by atomic mass is 10.1. The van der Waals surface area contributed by atoms with Gasteiger partial charge in [0.2, 0.25) is 0 Å². The maximum absolute atomic E-state index is 2.80. The average molecular weight is 451 g/mol. The van der Waals surface area contributed by atoms with Crippen molar-refractivity contribution >= 4 is 16.1 Å². The van der Waals surface area contributed by atoms with Crippen molar-refractivity contribution in [2.75, 3.05) is 0 Å². The summed E-state index contributed by atoms with van der Waals surface area (Å²) in [6.07, 6.45) is 19.3. The van der Waals surface area contributed by atoms with Crippen molar-refractivity contribution in [2.45, 2.75) is 156 Å². The summed E-state index contributed by atoms with van der Waals surface area (Å²) < 4.78 is 0. The lowest BCUT2D eigenvalue weighted by molar-refractivity contribution is 0.672. The van der Waals surface area contributed by atoms with Crippen LogP contribution in [-0.4, -0.2) is 16.1 Å². The van der Waals surface area contributed by atoms with Gasteiger partial charge in [0.15, 0.2) is 0 Å². The summed E-state index contributed by atoms with van der Waals surface area (Å²) >= 11 is 0. The van der Waals surface area contributed by atoms with Crippen LogP contribution in [-0.2, 0) is 0 Å². The molecule has 0 aromatic rings. The monoisotopic (exact) mass is 450 g/mol. The SMILES string of the molecule is CCCCCC/C=C(\C(=C/CCCCCC)[Si](CC)(CC)CC)[Si](CC)(CC)CC. The van der Waals surface area contributed by atoms with Crippen molar-refractivity contribution < 1.29 is 0 Å². The van der Waals surface area contributed by atoms with Gasteiger partial charge in [0, 0.05) is 0 Å². The minimum Gasteiger partial charge on any atom is -0.0854 e. The minimum atomic E-state index is -1.38. The molecule has 0 unspecified atom stereocenters. The van der Waals surface area contributed by atoms with Crippen molar-refractivity contribution in [3.8, 4) is 0 Å². The molecule has 0 saturated heterocycles. The number of hydrogen-bond acceptors (Lipinski definition) is 0. The molecule has 0 atom stereocenters. The van der Waals surface area contributed by atoms with E-state index in [1.165, 1.54) is 100 Å². The molecule has 0 nitrogen and oxygen atoms in total. The van der Waals surface area contributed by atoms with Gasteiger partial charge in [-0.25, -0.2) is 0 Å². The van der Waals surface area contributed by atoms with Crippen molar-refractivity contribution in [3.05, 3.63) is 22.5 Å². The molecule has 30 heavy (non-hydrogen) atoms. The Morgan fingerprint density at radius 3 is 0.967 bits per heavy atom. The second-order valence-electron chi connectivity index (χ2n) is 9.62. The maximum atomic E-state index is 2.80. The highest BCUT2D eigenvalue weighted by Gasteiger charge is 2.40. The molecule has 0 fully saturated rings. The average Bonchev–Trinajstić information content (AvgIpc) is 2.79. The fraction of sp³-hybridized carbons (Fsp3) is 0.857. The Labute approximate surface area is 194 Å². The molecule has 0 aliphatic carbocycles. The van der Waals surface area contributed by atoms with Gasteiger partial charge < -0.3 is 0 Å². The molecule has 0 amide bonds. The Hall–Kier alpha value is -0.0862. The topological polar surface area (TPSA) is 0 Å². The zero-order valence-electron chi connectivity index (χ0n) is 22.5. The highest BCUT2D eigenvalue weighted by atomic mass is 28.3. The summed E-state index contributed by atoms with van der Waals surface area (Å²) in [5.74, 6) is 0. The van der Waals surface area contributed by atoms with Crippen LogP contribution in [0.3, 0.4) is 0 Å². The first-order valence-corrected chi connectivity index (χ1v) is 19.2. The minimum absolute atomic E-state index is 1.32. The first-order chi connectivity index (χ1) is 14.5. The van der Waals surface area contributed by atoms with Crippen molar-refractivity contribution in [3.63, 3.8) is 0 Å². The summed E-state index contributed by atoms with van der Waals surface area (Å²) in [4.78, 5) is 0. The van der Waals surface area contributed by atoms with E-state index in [1.807, 2.05) is 10.4 Å². The normalized spacial score (nSPS) is 13.9. The molecule has 0 radical (unpaired) electrons. The number of rotatable bonds is 19. The lowest BCUT2D eigenvalue weighted by Gasteiger charge is -2.41. The molecule has 0 N–H and O–H groups in total. The van der Waals surface area contributed by atoms with E-state index in [0.717, 1.165) is 0 Å². The zero-order chi connectivity index (χ0) is 22.9. The molecule has 0 heterocycles. The van der Waals surface area contributed by atoms with Gasteiger partial charge in [0.1, 0.15) is 0 Å². The first kappa shape index (κ1) is 29.9. The Morgan fingerprint density at radius 2 is 0.733 bits per heavy atom. The van der Waals surface area contributed by atoms with Crippen LogP contribution in [0.5, 0.6) is 0 Å². The number of allylic oxidation sites excluding steroid dienone is 4. The Kier molecular flexibility index (Phi) is 17.4. The van der Waals surface area contributed by atoms with Gasteiger partial charge in [-0.2, -0.15) is 0 Å². The van der Waals surface area contributed by atoms with E-state index in [-0.39, 0.29) is 0 Å². The molecule has 2 heteroatoms. The summed E-state index contributed by atoms with van der Waals surface area (Å²) in [6.45, 7) is 19.7. The second kappa shape index (κ2) is 17.5. The van der Waals surface area contributed by atoms with Crippen LogP contribution in [0.15, 0.2) is 22.5 Å². The van der Waals surface area contributed by atoms with Crippen molar-refractivity contribution in [1.82, 2.24) is 0 Å². The third-order valence-corrected chi connectivity index (χ3v) is 19.9. The van der Waals surface area contributed by atoms with Crippen LogP contribution in [0.25, 0.3) is 0 Å². The standard InChI is InChI=1S/C28H58Si2/c1-9-17-19-21-23-25-27(29(11-3,12-4)13-5)28(26-24-22-20-18-10-2)30(14-6,15-7)16-8/h25-26H,9-24H2,1-8H3/b27-25+,28-26+. The molecular formula is C28H58Si2. The van der Waals surface area contributed by atoms with Gasteiger partial charge in [-0.15, -0.1) is 0 Å². The molecule has 0 aromatic carbocycles. The predicted octanol–water partition coefficient (Wildman–Crippen LogP) is 10.9. The van der Waals surface area contributed by atoms with Crippen LogP contribution in [0, 0.1) is 0 Å². The number of unbranched alkanes of at least 4 members (excludes halogenated alkanes) is 8. The Balaban J connectivity index is 6.20. The van der Waals surface area contributed by atoms with E-state index in [4.69, 9.17) is 0 Å². The van der Waals surface area contributed by atoms with Crippen LogP contribution in [0.2, 0.25) is 36.3 Å². The highest BCUT2D eigenvalue weighted by molar-refractivity contribution is 6.95. The molecule has 0 rings (SSSR count). The molecule has 0 aliphatic heterocycles. The third-order valence-electron chi connectivity index (χ3n) is 8.31. The van der Waals surface area contributed by atoms with Crippen LogP contribution < -0.4 is 0 Å². The zero-order valence-corrected chi connectivity index (χ0v) is 24.5. The molecule has 0 bridgehead atoms. The summed E-state index contributed by atoms with van der Waals surface area (Å²) in [7, 11) is -2.77. The van der Waals surface area contributed by atoms with Crippen LogP contribution >= 0.6 is 0 Å². The fourth-order valence-corrected chi connectivity index (χ4v) is 14.9. The van der Waals surface area contributed by atoms with Gasteiger partial charge in [0.05, 0.1) is 16.1 Å². The van der Waals surface area contributed by atoms with Crippen molar-refractivity contribution in [1.29, 1.82) is 0 Å². The number of hydrogen-bond donors (Lipinski definition) is 0. The summed E-state index contributed by atoms with van der Waals surface area (Å²) in [6, 6.07) is 8.56. The lowest BCUT2D eigenvalue weighted by Crippen LogP contribution is -2.44. The van der Waals surface area contributed by atoms with E-state index in [9.17, 15) is 0 Å². The fourth-order valence-electron chi connectivity index (χ4n) is 5.50. The molecule has 0 spiro atoms. The van der Waals surface area contributed by atoms with Crippen molar-refractivity contribution in [2.24, 2.45) is 0 Å². The predicted molar refractivity (Wildman–Crippen MR) is 148 cm³/mol. The van der Waals surface area contributed by atoms with Gasteiger partial charge in [0.25, 0.3) is 0 Å². The maximum Gasteiger partial charge on any atom is 0.0853 e. The Bertz CT molecular complexity index is 407. The molecule has 0 aliphatic rings. The smallest absolute Gasteiger partial charge is 0.0853 e. The van der Waals surface area contributed by atoms with Crippen LogP contribution in [0.4, 0.5) is 0 Å². The molecule has 0 saturated carbocycles. The second-order valence-corrected chi connectivity index (χ2v) is 20.1. The van der Waals surface area contributed by atoms with Gasteiger partial charge in [-0.1, -0.05) is 153 Å². The molecular weight excluding hydrogens is 392 g/mol. The Morgan fingerprint density at radius 1 is 0.433 bits per heavy atom. The summed E-state index contributed by atoms with van der Waals surface area (Å²) in [5.41, 5.74) is 0. The largest absolute Gasteiger partial charge is 0.0854 e. The van der Waals surface area contributed by atoms with E-state index < -0.39 is 16.1 Å². The highest BCUT2D eigenvalue weighted by Crippen LogP contribution is 2.42. The van der Waals surface area contributed by atoms with Gasteiger partial charge in [-0.3, -0.25) is 0 Å². The van der Waals surface area contributed by atoms with Crippen LogP contribution in [0.1, 0.15) is 120 Å². The third kappa shape index (κ3) is 8.81. The first-order valence-electron chi connectivity index (χ1n) is 13.9.